The molecule has 0 bridgehead atoms. The van der Waals surface area contributed by atoms with E-state index in [4.69, 9.17) is 10.5 Å². The number of aromatic nitrogens is 4. The van der Waals surface area contributed by atoms with Crippen molar-refractivity contribution in [2.45, 2.75) is 30.6 Å². The van der Waals surface area contributed by atoms with Crippen molar-refractivity contribution >= 4 is 17.0 Å². The first kappa shape index (κ1) is 14.1. The Hall–Kier alpha value is -1.85. The van der Waals surface area contributed by atoms with Gasteiger partial charge < -0.3 is 30.9 Å². The Morgan fingerprint density at radius 2 is 2.05 bits per heavy atom. The summed E-state index contributed by atoms with van der Waals surface area (Å²) in [6.45, 7) is 0.540. The number of imidazole rings is 1. The maximum Gasteiger partial charge on any atom is 0.221 e. The van der Waals surface area contributed by atoms with Gasteiger partial charge in [0.1, 0.15) is 24.1 Å². The number of hydrogen-bond donors (Lipinski definition) is 5. The van der Waals surface area contributed by atoms with Crippen LogP contribution in [-0.2, 0) is 10.5 Å². The van der Waals surface area contributed by atoms with Crippen LogP contribution in [0.4, 0.5) is 5.82 Å². The Labute approximate surface area is 118 Å². The third kappa shape index (κ3) is 1.74. The highest BCUT2D eigenvalue weighted by Crippen LogP contribution is 2.41. The van der Waals surface area contributed by atoms with Gasteiger partial charge in [0, 0.05) is 0 Å². The second kappa shape index (κ2) is 4.32. The summed E-state index contributed by atoms with van der Waals surface area (Å²) in [5.74, 6) is -2.14. The molecule has 0 saturated carbocycles. The number of aliphatic hydroxyl groups is 4. The lowest BCUT2D eigenvalue weighted by atomic mass is 10.0. The minimum absolute atomic E-state index is 0.146. The van der Waals surface area contributed by atoms with E-state index in [0.717, 1.165) is 0 Å². The first-order valence-corrected chi connectivity index (χ1v) is 6.17. The van der Waals surface area contributed by atoms with Crippen molar-refractivity contribution < 1.29 is 25.2 Å². The summed E-state index contributed by atoms with van der Waals surface area (Å²) in [5, 5.41) is 39.3. The Morgan fingerprint density at radius 3 is 2.67 bits per heavy atom. The van der Waals surface area contributed by atoms with Gasteiger partial charge in [-0.1, -0.05) is 0 Å². The van der Waals surface area contributed by atoms with E-state index < -0.39 is 30.3 Å². The quantitative estimate of drug-likeness (QED) is 0.404. The summed E-state index contributed by atoms with van der Waals surface area (Å²) in [6.07, 6.45) is -0.711. The van der Waals surface area contributed by atoms with Crippen LogP contribution >= 0.6 is 0 Å². The van der Waals surface area contributed by atoms with E-state index in [-0.39, 0.29) is 11.5 Å². The van der Waals surface area contributed by atoms with Crippen molar-refractivity contribution in [3.8, 4) is 0 Å². The number of ether oxygens (including phenoxy) is 1. The van der Waals surface area contributed by atoms with Crippen molar-refractivity contribution in [1.82, 2.24) is 19.5 Å². The number of anilines is 1. The van der Waals surface area contributed by atoms with Crippen LogP contribution in [0.3, 0.4) is 0 Å². The number of nitrogens with two attached hydrogens (primary N) is 1. The summed E-state index contributed by atoms with van der Waals surface area (Å²) >= 11 is 0. The van der Waals surface area contributed by atoms with Gasteiger partial charge in [0.05, 0.1) is 12.9 Å². The highest BCUT2D eigenvalue weighted by atomic mass is 16.7. The molecule has 21 heavy (non-hydrogen) atoms. The van der Waals surface area contributed by atoms with Crippen molar-refractivity contribution in [2.24, 2.45) is 0 Å². The van der Waals surface area contributed by atoms with Gasteiger partial charge in [0.15, 0.2) is 17.2 Å². The molecule has 10 heteroatoms. The third-order valence-corrected chi connectivity index (χ3v) is 3.76. The Kier molecular flexibility index (Phi) is 2.90. The molecule has 1 fully saturated rings. The van der Waals surface area contributed by atoms with Gasteiger partial charge in [-0.15, -0.1) is 0 Å². The normalized spacial score (nSPS) is 36.4. The zero-order valence-corrected chi connectivity index (χ0v) is 11.1. The van der Waals surface area contributed by atoms with Gasteiger partial charge in [-0.25, -0.2) is 15.0 Å². The van der Waals surface area contributed by atoms with Crippen LogP contribution in [0.25, 0.3) is 11.2 Å². The van der Waals surface area contributed by atoms with Crippen molar-refractivity contribution in [3.63, 3.8) is 0 Å². The number of rotatable bonds is 2. The molecule has 1 aliphatic rings. The molecule has 0 aliphatic carbocycles. The molecule has 0 spiro atoms. The zero-order chi connectivity index (χ0) is 15.4. The van der Waals surface area contributed by atoms with Crippen molar-refractivity contribution in [3.05, 3.63) is 12.7 Å². The average molecular weight is 297 g/mol. The highest BCUT2D eigenvalue weighted by Gasteiger charge is 2.60. The monoisotopic (exact) mass is 297 g/mol. The fourth-order valence-electron chi connectivity index (χ4n) is 2.51. The van der Waals surface area contributed by atoms with Gasteiger partial charge in [0.25, 0.3) is 0 Å². The molecule has 0 aromatic carbocycles. The van der Waals surface area contributed by atoms with Crippen LogP contribution in [0, 0.1) is 0 Å². The molecule has 114 valence electrons. The predicted octanol–water partition coefficient (Wildman–Crippen LogP) is -2.49. The van der Waals surface area contributed by atoms with Crippen LogP contribution in [0.5, 0.6) is 0 Å². The largest absolute Gasteiger partial charge is 0.391 e. The van der Waals surface area contributed by atoms with Crippen molar-refractivity contribution in [1.29, 1.82) is 0 Å². The lowest BCUT2D eigenvalue weighted by molar-refractivity contribution is -0.278. The van der Waals surface area contributed by atoms with Gasteiger partial charge in [-0.05, 0) is 6.92 Å². The molecule has 0 radical (unpaired) electrons. The van der Waals surface area contributed by atoms with Gasteiger partial charge in [-0.3, -0.25) is 4.57 Å². The minimum atomic E-state index is -2.29. The first-order valence-electron chi connectivity index (χ1n) is 6.17. The number of nitrogen functional groups attached to an aromatic ring is 1. The van der Waals surface area contributed by atoms with Crippen LogP contribution in [0.1, 0.15) is 6.92 Å². The maximum atomic E-state index is 10.2. The Morgan fingerprint density at radius 1 is 1.33 bits per heavy atom. The molecule has 3 rings (SSSR count). The fraction of sp³-hybridized carbons (Fsp3) is 0.545. The topological polar surface area (TPSA) is 160 Å². The summed E-state index contributed by atoms with van der Waals surface area (Å²) in [7, 11) is 0. The molecule has 2 aromatic heterocycles. The zero-order valence-electron chi connectivity index (χ0n) is 11.1. The lowest BCUT2D eigenvalue weighted by Crippen LogP contribution is -2.46. The number of fused-ring (bicyclic) bond motifs is 1. The van der Waals surface area contributed by atoms with Crippen LogP contribution in [0.2, 0.25) is 0 Å². The summed E-state index contributed by atoms with van der Waals surface area (Å²) in [4.78, 5) is 11.9. The standard InChI is InChI=1S/C11H15N5O5/c1-10(6(18)7(19)11(20,2-17)21-10)16-4-15-5-8(12)13-3-14-9(5)16/h3-4,6-7,17-20H,2H2,1H3,(H2,12,13,14)/t6-,7+,10-,11-/m1/s1. The van der Waals surface area contributed by atoms with E-state index >= 15 is 0 Å². The highest BCUT2D eigenvalue weighted by molar-refractivity contribution is 5.81. The number of nitrogens with zero attached hydrogens (tertiary/aromatic N) is 4. The summed E-state index contributed by atoms with van der Waals surface area (Å²) < 4.78 is 6.65. The first-order chi connectivity index (χ1) is 9.83. The van der Waals surface area contributed by atoms with E-state index in [1.807, 2.05) is 0 Å². The second-order valence-corrected chi connectivity index (χ2v) is 5.10. The Bertz CT molecular complexity index is 693. The second-order valence-electron chi connectivity index (χ2n) is 5.10. The average Bonchev–Trinajstić information content (AvgIpc) is 2.97. The van der Waals surface area contributed by atoms with Gasteiger partial charge in [0.2, 0.25) is 5.79 Å². The molecule has 0 unspecified atom stereocenters. The minimum Gasteiger partial charge on any atom is -0.391 e. The molecule has 6 N–H and O–H groups in total. The number of hydrogen-bond acceptors (Lipinski definition) is 9. The molecule has 3 heterocycles. The van der Waals surface area contributed by atoms with Crippen LogP contribution < -0.4 is 5.73 Å². The van der Waals surface area contributed by atoms with E-state index in [1.54, 1.807) is 0 Å². The van der Waals surface area contributed by atoms with Crippen LogP contribution in [0.15, 0.2) is 12.7 Å². The molecule has 4 atom stereocenters. The van der Waals surface area contributed by atoms with Gasteiger partial charge in [-0.2, -0.15) is 0 Å². The van der Waals surface area contributed by atoms with Gasteiger partial charge >= 0.3 is 0 Å². The SMILES string of the molecule is C[C@@]1(n2cnc3c(N)ncnc32)O[C@](O)(CO)[C@@H](O)[C@H]1O. The number of aliphatic hydroxyl groups excluding tert-OH is 3. The Balaban J connectivity index is 2.16. The molecule has 0 amide bonds. The van der Waals surface area contributed by atoms with E-state index in [2.05, 4.69) is 15.0 Å². The predicted molar refractivity (Wildman–Crippen MR) is 68.5 cm³/mol. The fourth-order valence-corrected chi connectivity index (χ4v) is 2.51. The van der Waals surface area contributed by atoms with E-state index in [1.165, 1.54) is 24.1 Å². The lowest BCUT2D eigenvalue weighted by Gasteiger charge is -2.30. The molecule has 1 saturated heterocycles. The summed E-state index contributed by atoms with van der Waals surface area (Å²) in [5.41, 5.74) is 4.65. The van der Waals surface area contributed by atoms with E-state index in [9.17, 15) is 20.4 Å². The molecule has 2 aromatic rings. The molecule has 10 nitrogen and oxygen atoms in total. The smallest absolute Gasteiger partial charge is 0.221 e. The van der Waals surface area contributed by atoms with Crippen LogP contribution in [-0.4, -0.2) is 64.5 Å². The molecular weight excluding hydrogens is 282 g/mol. The maximum absolute atomic E-state index is 10.2. The summed E-state index contributed by atoms with van der Waals surface area (Å²) in [6, 6.07) is 0. The molecular formula is C11H15N5O5. The third-order valence-electron chi connectivity index (χ3n) is 3.76. The molecule has 1 aliphatic heterocycles. The van der Waals surface area contributed by atoms with E-state index in [0.29, 0.717) is 5.52 Å². The van der Waals surface area contributed by atoms with Crippen molar-refractivity contribution in [2.75, 3.05) is 12.3 Å².